The highest BCUT2D eigenvalue weighted by Crippen LogP contribution is 2.32. The molecule has 1 heterocycles. The molecule has 9 heteroatoms. The third kappa shape index (κ3) is 8.78. The van der Waals surface area contributed by atoms with E-state index in [1.807, 2.05) is 91.0 Å². The number of hydrogen-bond acceptors (Lipinski definition) is 5. The van der Waals surface area contributed by atoms with Gasteiger partial charge in [-0.05, 0) is 16.7 Å². The van der Waals surface area contributed by atoms with Gasteiger partial charge in [0.25, 0.3) is 9.70 Å². The first kappa shape index (κ1) is 29.6. The standard InChI is InChI=1S/C30H30Cl3NO5/c1-21-26(37-18-23-13-7-3-8-14-23)27(38-19-24-15-9-4-10-16-24)25(20-36-17-22-11-5-2-6-12-22)39-28(21)34-29(35)30(31,32)33/h2-16,25-28H,1,17-20H2,(H,34,35)/t25-,26-,27-,28+/m1/s1. The first-order valence-electron chi connectivity index (χ1n) is 12.5. The molecule has 0 spiro atoms. The van der Waals surface area contributed by atoms with Gasteiger partial charge in [0.05, 0.1) is 26.4 Å². The molecule has 0 bridgehead atoms. The van der Waals surface area contributed by atoms with Gasteiger partial charge in [-0.3, -0.25) is 4.79 Å². The van der Waals surface area contributed by atoms with E-state index in [2.05, 4.69) is 11.9 Å². The molecule has 1 aliphatic rings. The maximum absolute atomic E-state index is 12.5. The average Bonchev–Trinajstić information content (AvgIpc) is 2.94. The molecule has 39 heavy (non-hydrogen) atoms. The van der Waals surface area contributed by atoms with Gasteiger partial charge < -0.3 is 24.3 Å². The third-order valence-corrected chi connectivity index (χ3v) is 6.66. The lowest BCUT2D eigenvalue weighted by atomic mass is 9.95. The van der Waals surface area contributed by atoms with Crippen molar-refractivity contribution in [3.8, 4) is 0 Å². The molecule has 0 saturated carbocycles. The first-order chi connectivity index (χ1) is 18.8. The number of halogens is 3. The van der Waals surface area contributed by atoms with E-state index in [9.17, 15) is 4.79 Å². The van der Waals surface area contributed by atoms with Gasteiger partial charge in [0.15, 0.2) is 6.23 Å². The number of alkyl halides is 3. The summed E-state index contributed by atoms with van der Waals surface area (Å²) in [5, 5.41) is 2.62. The van der Waals surface area contributed by atoms with Crippen LogP contribution >= 0.6 is 34.8 Å². The van der Waals surface area contributed by atoms with Gasteiger partial charge in [0.1, 0.15) is 18.3 Å². The maximum atomic E-state index is 12.5. The molecule has 4 rings (SSSR count). The number of carbonyl (C=O) groups excluding carboxylic acids is 1. The number of amides is 1. The fourth-order valence-electron chi connectivity index (χ4n) is 4.15. The lowest BCUT2D eigenvalue weighted by Gasteiger charge is -2.43. The minimum Gasteiger partial charge on any atom is -0.374 e. The van der Waals surface area contributed by atoms with E-state index in [0.717, 1.165) is 16.7 Å². The fraction of sp³-hybridized carbons (Fsp3) is 0.300. The zero-order valence-electron chi connectivity index (χ0n) is 21.2. The molecule has 206 valence electrons. The zero-order chi connectivity index (χ0) is 27.7. The number of carbonyl (C=O) groups is 1. The van der Waals surface area contributed by atoms with Crippen molar-refractivity contribution >= 4 is 40.7 Å². The van der Waals surface area contributed by atoms with Crippen LogP contribution in [0.25, 0.3) is 0 Å². The van der Waals surface area contributed by atoms with E-state index in [0.29, 0.717) is 25.4 Å². The van der Waals surface area contributed by atoms with E-state index in [4.69, 9.17) is 53.8 Å². The summed E-state index contributed by atoms with van der Waals surface area (Å²) in [5.74, 6) is -0.840. The Labute approximate surface area is 243 Å². The summed E-state index contributed by atoms with van der Waals surface area (Å²) in [4.78, 5) is 12.5. The van der Waals surface area contributed by atoms with Crippen LogP contribution in [0, 0.1) is 0 Å². The first-order valence-corrected chi connectivity index (χ1v) is 13.6. The van der Waals surface area contributed by atoms with E-state index >= 15 is 0 Å². The van der Waals surface area contributed by atoms with Crippen LogP contribution in [0.15, 0.2) is 103 Å². The lowest BCUT2D eigenvalue weighted by Crippen LogP contribution is -2.59. The largest absolute Gasteiger partial charge is 0.374 e. The molecule has 0 aromatic heterocycles. The fourth-order valence-corrected chi connectivity index (χ4v) is 4.31. The molecule has 0 radical (unpaired) electrons. The molecule has 0 aliphatic carbocycles. The Morgan fingerprint density at radius 2 is 1.28 bits per heavy atom. The summed E-state index contributed by atoms with van der Waals surface area (Å²) in [6, 6.07) is 29.3. The minimum absolute atomic E-state index is 0.160. The van der Waals surface area contributed by atoms with Crippen molar-refractivity contribution in [2.75, 3.05) is 6.61 Å². The highest BCUT2D eigenvalue weighted by atomic mass is 35.6. The van der Waals surface area contributed by atoms with Gasteiger partial charge in [-0.25, -0.2) is 0 Å². The Kier molecular flexibility index (Phi) is 10.8. The predicted octanol–water partition coefficient (Wildman–Crippen LogP) is 6.14. The van der Waals surface area contributed by atoms with Crippen molar-refractivity contribution in [1.29, 1.82) is 0 Å². The number of rotatable bonds is 11. The predicted molar refractivity (Wildman–Crippen MR) is 152 cm³/mol. The quantitative estimate of drug-likeness (QED) is 0.215. The van der Waals surface area contributed by atoms with Crippen LogP contribution in [0.3, 0.4) is 0 Å². The van der Waals surface area contributed by atoms with Crippen LogP contribution in [0.5, 0.6) is 0 Å². The van der Waals surface area contributed by atoms with Gasteiger partial charge in [-0.15, -0.1) is 0 Å². The van der Waals surface area contributed by atoms with Gasteiger partial charge >= 0.3 is 0 Å². The molecular weight excluding hydrogens is 561 g/mol. The molecule has 1 N–H and O–H groups in total. The highest BCUT2D eigenvalue weighted by molar-refractivity contribution is 6.76. The molecule has 0 unspecified atom stereocenters. The Bertz CT molecular complexity index is 1190. The van der Waals surface area contributed by atoms with Crippen molar-refractivity contribution in [1.82, 2.24) is 5.32 Å². The van der Waals surface area contributed by atoms with Gasteiger partial charge in [-0.2, -0.15) is 0 Å². The Hall–Kier alpha value is -2.42. The molecular formula is C30H30Cl3NO5. The normalized spacial score (nSPS) is 21.5. The number of nitrogens with one attached hydrogen (secondary N) is 1. The summed E-state index contributed by atoms with van der Waals surface area (Å²) in [7, 11) is 0. The van der Waals surface area contributed by atoms with Crippen LogP contribution in [0.2, 0.25) is 0 Å². The summed E-state index contributed by atoms with van der Waals surface area (Å²) in [5.41, 5.74) is 3.40. The molecule has 3 aromatic carbocycles. The Morgan fingerprint density at radius 3 is 1.79 bits per heavy atom. The number of ether oxygens (including phenoxy) is 4. The Morgan fingerprint density at radius 1 is 0.795 bits per heavy atom. The van der Waals surface area contributed by atoms with Crippen LogP contribution in [-0.4, -0.2) is 40.8 Å². The van der Waals surface area contributed by atoms with Crippen LogP contribution in [-0.2, 0) is 43.6 Å². The summed E-state index contributed by atoms with van der Waals surface area (Å²) in [6.45, 7) is 5.31. The van der Waals surface area contributed by atoms with Crippen molar-refractivity contribution < 1.29 is 23.7 Å². The third-order valence-electron chi connectivity index (χ3n) is 6.15. The highest BCUT2D eigenvalue weighted by Gasteiger charge is 2.45. The van der Waals surface area contributed by atoms with Crippen molar-refractivity contribution in [2.45, 2.75) is 48.2 Å². The zero-order valence-corrected chi connectivity index (χ0v) is 23.4. The van der Waals surface area contributed by atoms with Crippen LogP contribution < -0.4 is 5.32 Å². The number of benzene rings is 3. The van der Waals surface area contributed by atoms with Crippen molar-refractivity contribution in [3.05, 3.63) is 120 Å². The van der Waals surface area contributed by atoms with E-state index < -0.39 is 34.2 Å². The van der Waals surface area contributed by atoms with Crippen LogP contribution in [0.4, 0.5) is 0 Å². The molecule has 1 aliphatic heterocycles. The van der Waals surface area contributed by atoms with E-state index in [-0.39, 0.29) is 6.61 Å². The molecule has 1 amide bonds. The molecule has 3 aromatic rings. The smallest absolute Gasteiger partial charge is 0.274 e. The van der Waals surface area contributed by atoms with Crippen molar-refractivity contribution in [2.24, 2.45) is 0 Å². The maximum Gasteiger partial charge on any atom is 0.274 e. The van der Waals surface area contributed by atoms with E-state index in [1.165, 1.54) is 0 Å². The minimum atomic E-state index is -2.18. The second-order valence-corrected chi connectivity index (χ2v) is 11.4. The second-order valence-electron chi connectivity index (χ2n) is 9.08. The molecule has 1 fully saturated rings. The molecule has 4 atom stereocenters. The summed E-state index contributed by atoms with van der Waals surface area (Å²) in [6.07, 6.45) is -2.88. The average molecular weight is 591 g/mol. The summed E-state index contributed by atoms with van der Waals surface area (Å²) >= 11 is 17.4. The molecule has 1 saturated heterocycles. The van der Waals surface area contributed by atoms with E-state index in [1.54, 1.807) is 0 Å². The van der Waals surface area contributed by atoms with Gasteiger partial charge in [-0.1, -0.05) is 132 Å². The molecule has 6 nitrogen and oxygen atoms in total. The van der Waals surface area contributed by atoms with Gasteiger partial charge in [0.2, 0.25) is 0 Å². The summed E-state index contributed by atoms with van der Waals surface area (Å²) < 4.78 is 22.9. The van der Waals surface area contributed by atoms with Crippen LogP contribution in [0.1, 0.15) is 16.7 Å². The monoisotopic (exact) mass is 589 g/mol. The number of hydrogen-bond donors (Lipinski definition) is 1. The van der Waals surface area contributed by atoms with Gasteiger partial charge in [0, 0.05) is 5.57 Å². The Balaban J connectivity index is 1.56. The van der Waals surface area contributed by atoms with Crippen molar-refractivity contribution in [3.63, 3.8) is 0 Å². The lowest BCUT2D eigenvalue weighted by molar-refractivity contribution is -0.200. The second kappa shape index (κ2) is 14.3. The topological polar surface area (TPSA) is 66.0 Å². The SMILES string of the molecule is C=C1[C@@H](OCc2ccccc2)[C@H](OCc2ccccc2)[C@@H](COCc2ccccc2)O[C@@H]1NC(=O)C(Cl)(Cl)Cl.